The van der Waals surface area contributed by atoms with Crippen LogP contribution in [-0.2, 0) is 0 Å². The molecule has 0 bridgehead atoms. The topological polar surface area (TPSA) is 45.5 Å². The number of rotatable bonds is 3. The number of aromatic hydroxyl groups is 1. The Labute approximate surface area is 134 Å². The SMILES string of the molecule is Oc1cc(Br)ccc1C=Nc1nc(-c2ccccc2)cs1. The van der Waals surface area contributed by atoms with Crippen molar-refractivity contribution in [2.45, 2.75) is 0 Å². The van der Waals surface area contributed by atoms with E-state index in [1.807, 2.05) is 41.8 Å². The van der Waals surface area contributed by atoms with Gasteiger partial charge in [-0.05, 0) is 18.2 Å². The molecule has 0 saturated carbocycles. The molecule has 0 atom stereocenters. The van der Waals surface area contributed by atoms with Gasteiger partial charge >= 0.3 is 0 Å². The molecule has 21 heavy (non-hydrogen) atoms. The van der Waals surface area contributed by atoms with Gasteiger partial charge < -0.3 is 5.11 Å². The standard InChI is InChI=1S/C16H11BrN2OS/c17-13-7-6-12(15(20)8-13)9-18-16-19-14(10-21-16)11-4-2-1-3-5-11/h1-10,20H. The summed E-state index contributed by atoms with van der Waals surface area (Å²) in [7, 11) is 0. The van der Waals surface area contributed by atoms with E-state index in [0.717, 1.165) is 15.7 Å². The molecule has 0 aliphatic carbocycles. The van der Waals surface area contributed by atoms with Gasteiger partial charge in [0.1, 0.15) is 5.75 Å². The lowest BCUT2D eigenvalue weighted by molar-refractivity contribution is 0.474. The van der Waals surface area contributed by atoms with Gasteiger partial charge in [0.2, 0.25) is 5.13 Å². The number of aromatic nitrogens is 1. The number of phenolic OH excluding ortho intramolecular Hbond substituents is 1. The quantitative estimate of drug-likeness (QED) is 0.667. The zero-order valence-corrected chi connectivity index (χ0v) is 13.3. The molecular weight excluding hydrogens is 348 g/mol. The van der Waals surface area contributed by atoms with Crippen LogP contribution in [-0.4, -0.2) is 16.3 Å². The molecule has 0 spiro atoms. The first kappa shape index (κ1) is 14.0. The van der Waals surface area contributed by atoms with Gasteiger partial charge in [0.15, 0.2) is 0 Å². The summed E-state index contributed by atoms with van der Waals surface area (Å²) in [6.07, 6.45) is 1.62. The van der Waals surface area contributed by atoms with E-state index < -0.39 is 0 Å². The molecule has 1 aromatic heterocycles. The predicted octanol–water partition coefficient (Wildman–Crippen LogP) is 5.03. The van der Waals surface area contributed by atoms with Crippen molar-refractivity contribution in [3.63, 3.8) is 0 Å². The summed E-state index contributed by atoms with van der Waals surface area (Å²) in [6.45, 7) is 0. The minimum atomic E-state index is 0.188. The van der Waals surface area contributed by atoms with E-state index >= 15 is 0 Å². The fraction of sp³-hybridized carbons (Fsp3) is 0. The van der Waals surface area contributed by atoms with Crippen molar-refractivity contribution in [2.75, 3.05) is 0 Å². The second-order valence-electron chi connectivity index (χ2n) is 4.34. The summed E-state index contributed by atoms with van der Waals surface area (Å²) in [5.41, 5.74) is 2.64. The van der Waals surface area contributed by atoms with Gasteiger partial charge in [-0.15, -0.1) is 11.3 Å². The summed E-state index contributed by atoms with van der Waals surface area (Å²) in [4.78, 5) is 8.79. The van der Waals surface area contributed by atoms with Crippen LogP contribution in [0, 0.1) is 0 Å². The highest BCUT2D eigenvalue weighted by atomic mass is 79.9. The van der Waals surface area contributed by atoms with Crippen molar-refractivity contribution in [1.82, 2.24) is 4.98 Å². The molecule has 0 amide bonds. The predicted molar refractivity (Wildman–Crippen MR) is 90.6 cm³/mol. The molecular formula is C16H11BrN2OS. The maximum atomic E-state index is 9.81. The van der Waals surface area contributed by atoms with Gasteiger partial charge in [-0.2, -0.15) is 0 Å². The summed E-state index contributed by atoms with van der Waals surface area (Å²) >= 11 is 4.78. The molecule has 0 unspecified atom stereocenters. The third kappa shape index (κ3) is 3.37. The van der Waals surface area contributed by atoms with E-state index in [1.165, 1.54) is 11.3 Å². The third-order valence-electron chi connectivity index (χ3n) is 2.87. The lowest BCUT2D eigenvalue weighted by Crippen LogP contribution is -1.82. The highest BCUT2D eigenvalue weighted by Gasteiger charge is 2.03. The van der Waals surface area contributed by atoms with E-state index in [0.29, 0.717) is 10.7 Å². The third-order valence-corrected chi connectivity index (χ3v) is 4.11. The summed E-state index contributed by atoms with van der Waals surface area (Å²) < 4.78 is 0.831. The fourth-order valence-electron chi connectivity index (χ4n) is 1.82. The second-order valence-corrected chi connectivity index (χ2v) is 6.09. The highest BCUT2D eigenvalue weighted by Crippen LogP contribution is 2.27. The van der Waals surface area contributed by atoms with Crippen LogP contribution in [0.1, 0.15) is 5.56 Å². The average molecular weight is 359 g/mol. The zero-order valence-electron chi connectivity index (χ0n) is 10.9. The fourth-order valence-corrected chi connectivity index (χ4v) is 2.84. The van der Waals surface area contributed by atoms with E-state index in [-0.39, 0.29) is 5.75 Å². The number of benzene rings is 2. The van der Waals surface area contributed by atoms with Crippen LogP contribution in [0.5, 0.6) is 5.75 Å². The first-order chi connectivity index (χ1) is 10.2. The summed E-state index contributed by atoms with van der Waals surface area (Å²) in [6, 6.07) is 15.3. The van der Waals surface area contributed by atoms with Crippen LogP contribution in [0.4, 0.5) is 5.13 Å². The molecule has 104 valence electrons. The summed E-state index contributed by atoms with van der Waals surface area (Å²) in [5, 5.41) is 12.5. The van der Waals surface area contributed by atoms with Crippen molar-refractivity contribution >= 4 is 38.6 Å². The first-order valence-corrected chi connectivity index (χ1v) is 7.93. The second kappa shape index (κ2) is 6.20. The Balaban J connectivity index is 1.83. The molecule has 0 saturated heterocycles. The van der Waals surface area contributed by atoms with E-state index in [2.05, 4.69) is 25.9 Å². The highest BCUT2D eigenvalue weighted by molar-refractivity contribution is 9.10. The van der Waals surface area contributed by atoms with Crippen molar-refractivity contribution < 1.29 is 5.11 Å². The Bertz CT molecular complexity index is 784. The maximum Gasteiger partial charge on any atom is 0.209 e. The smallest absolute Gasteiger partial charge is 0.209 e. The van der Waals surface area contributed by atoms with Crippen LogP contribution in [0.3, 0.4) is 0 Å². The van der Waals surface area contributed by atoms with Gasteiger partial charge in [0.05, 0.1) is 5.69 Å². The molecule has 2 aromatic carbocycles. The van der Waals surface area contributed by atoms with Gasteiger partial charge in [0, 0.05) is 27.2 Å². The van der Waals surface area contributed by atoms with Gasteiger partial charge in [-0.25, -0.2) is 9.98 Å². The monoisotopic (exact) mass is 358 g/mol. The summed E-state index contributed by atoms with van der Waals surface area (Å²) in [5.74, 6) is 0.188. The lowest BCUT2D eigenvalue weighted by Gasteiger charge is -1.98. The van der Waals surface area contributed by atoms with Gasteiger partial charge in [-0.3, -0.25) is 0 Å². The van der Waals surface area contributed by atoms with E-state index in [1.54, 1.807) is 18.3 Å². The molecule has 0 aliphatic rings. The minimum Gasteiger partial charge on any atom is -0.507 e. The van der Waals surface area contributed by atoms with Crippen LogP contribution < -0.4 is 0 Å². The molecule has 0 aliphatic heterocycles. The Hall–Kier alpha value is -1.98. The molecule has 3 nitrogen and oxygen atoms in total. The number of aliphatic imine (C=N–C) groups is 1. The molecule has 1 heterocycles. The normalized spacial score (nSPS) is 11.1. The van der Waals surface area contributed by atoms with Crippen LogP contribution in [0.15, 0.2) is 63.4 Å². The molecule has 3 aromatic rings. The number of hydrogen-bond acceptors (Lipinski definition) is 4. The van der Waals surface area contributed by atoms with E-state index in [9.17, 15) is 5.11 Å². The average Bonchev–Trinajstić information content (AvgIpc) is 2.96. The maximum absolute atomic E-state index is 9.81. The van der Waals surface area contributed by atoms with Gasteiger partial charge in [-0.1, -0.05) is 46.3 Å². The Morgan fingerprint density at radius 1 is 1.14 bits per heavy atom. The Morgan fingerprint density at radius 2 is 1.95 bits per heavy atom. The number of thiazole rings is 1. The molecule has 3 rings (SSSR count). The minimum absolute atomic E-state index is 0.188. The lowest BCUT2D eigenvalue weighted by atomic mass is 10.2. The van der Waals surface area contributed by atoms with Crippen molar-refractivity contribution in [2.24, 2.45) is 4.99 Å². The molecule has 0 radical (unpaired) electrons. The van der Waals surface area contributed by atoms with Crippen LogP contribution in [0.2, 0.25) is 0 Å². The van der Waals surface area contributed by atoms with Crippen LogP contribution in [0.25, 0.3) is 11.3 Å². The van der Waals surface area contributed by atoms with Crippen molar-refractivity contribution in [3.8, 4) is 17.0 Å². The molecule has 1 N–H and O–H groups in total. The number of phenols is 1. The largest absolute Gasteiger partial charge is 0.507 e. The van der Waals surface area contributed by atoms with Gasteiger partial charge in [0.25, 0.3) is 0 Å². The first-order valence-electron chi connectivity index (χ1n) is 6.26. The number of nitrogens with zero attached hydrogens (tertiary/aromatic N) is 2. The number of hydrogen-bond donors (Lipinski definition) is 1. The molecule has 5 heteroatoms. The Kier molecular flexibility index (Phi) is 4.13. The molecule has 0 fully saturated rings. The van der Waals surface area contributed by atoms with E-state index in [4.69, 9.17) is 0 Å². The van der Waals surface area contributed by atoms with Crippen molar-refractivity contribution in [1.29, 1.82) is 0 Å². The zero-order chi connectivity index (χ0) is 14.7. The van der Waals surface area contributed by atoms with Crippen LogP contribution >= 0.6 is 27.3 Å². The van der Waals surface area contributed by atoms with Crippen molar-refractivity contribution in [3.05, 3.63) is 63.9 Å². The Morgan fingerprint density at radius 3 is 2.71 bits per heavy atom. The number of halogens is 1.